The van der Waals surface area contributed by atoms with Crippen molar-refractivity contribution in [2.75, 3.05) is 89.7 Å². The minimum absolute atomic E-state index is 0.173. The van der Waals surface area contributed by atoms with E-state index in [1.165, 1.54) is 0 Å². The van der Waals surface area contributed by atoms with Gasteiger partial charge in [0.25, 0.3) is 0 Å². The Morgan fingerprint density at radius 1 is 0.556 bits per heavy atom. The van der Waals surface area contributed by atoms with Gasteiger partial charge in [-0.3, -0.25) is 9.59 Å². The molecular formula is C26H36N4O6. The fourth-order valence-electron chi connectivity index (χ4n) is 3.86. The molecule has 0 bridgehead atoms. The number of hydrogen-bond acceptors (Lipinski definition) is 10. The first kappa shape index (κ1) is 27.7. The molecule has 0 spiro atoms. The first-order valence-electron chi connectivity index (χ1n) is 12.2. The van der Waals surface area contributed by atoms with Gasteiger partial charge in [0.1, 0.15) is 0 Å². The molecule has 1 aliphatic rings. The zero-order valence-electron chi connectivity index (χ0n) is 20.6. The van der Waals surface area contributed by atoms with Gasteiger partial charge in [-0.05, 0) is 12.1 Å². The largest absolute Gasteiger partial charge is 0.382 e. The zero-order chi connectivity index (χ0) is 25.6. The molecule has 0 fully saturated rings. The maximum Gasteiger partial charge on any atom is 0.198 e. The van der Waals surface area contributed by atoms with Crippen molar-refractivity contribution in [2.24, 2.45) is 11.5 Å². The van der Waals surface area contributed by atoms with Crippen molar-refractivity contribution in [1.29, 1.82) is 0 Å². The van der Waals surface area contributed by atoms with E-state index in [1.807, 2.05) is 0 Å². The number of ketones is 2. The number of nitrogens with two attached hydrogens (primary N) is 2. The van der Waals surface area contributed by atoms with Crippen LogP contribution in [0.4, 0.5) is 11.4 Å². The molecule has 0 aromatic heterocycles. The summed E-state index contributed by atoms with van der Waals surface area (Å²) in [5.41, 5.74) is 13.5. The predicted molar refractivity (Wildman–Crippen MR) is 138 cm³/mol. The third kappa shape index (κ3) is 7.57. The number of ether oxygens (including phenoxy) is 4. The highest BCUT2D eigenvalue weighted by atomic mass is 16.5. The Bertz CT molecular complexity index is 925. The summed E-state index contributed by atoms with van der Waals surface area (Å²) in [5, 5.41) is 6.48. The van der Waals surface area contributed by atoms with Gasteiger partial charge in [0.15, 0.2) is 11.6 Å². The molecular weight excluding hydrogens is 464 g/mol. The van der Waals surface area contributed by atoms with E-state index in [1.54, 1.807) is 36.4 Å². The smallest absolute Gasteiger partial charge is 0.198 e. The summed E-state index contributed by atoms with van der Waals surface area (Å²) in [4.78, 5) is 26.9. The van der Waals surface area contributed by atoms with Crippen molar-refractivity contribution in [3.05, 3.63) is 58.7 Å². The Hall–Kier alpha value is -2.86. The van der Waals surface area contributed by atoms with Gasteiger partial charge in [-0.1, -0.05) is 24.3 Å². The Kier molecular flexibility index (Phi) is 11.8. The Morgan fingerprint density at radius 2 is 0.972 bits per heavy atom. The summed E-state index contributed by atoms with van der Waals surface area (Å²) in [7, 11) is 0. The lowest BCUT2D eigenvalue weighted by molar-refractivity contribution is 0.0547. The maximum absolute atomic E-state index is 13.6. The zero-order valence-corrected chi connectivity index (χ0v) is 20.6. The van der Waals surface area contributed by atoms with Gasteiger partial charge >= 0.3 is 0 Å². The second kappa shape index (κ2) is 15.3. The molecule has 0 unspecified atom stereocenters. The lowest BCUT2D eigenvalue weighted by Gasteiger charge is -2.23. The van der Waals surface area contributed by atoms with Crippen LogP contribution in [0.2, 0.25) is 0 Å². The summed E-state index contributed by atoms with van der Waals surface area (Å²) >= 11 is 0. The van der Waals surface area contributed by atoms with Crippen LogP contribution in [0.1, 0.15) is 31.8 Å². The SMILES string of the molecule is NCCOCCOCCNc1cccc2c1C(=O)c1c(NCCOCCOCCN)cccc1C2=O. The molecule has 10 heteroatoms. The average Bonchev–Trinajstić information content (AvgIpc) is 2.90. The fraction of sp³-hybridized carbons (Fsp3) is 0.462. The highest BCUT2D eigenvalue weighted by Gasteiger charge is 2.33. The molecule has 6 N–H and O–H groups in total. The number of rotatable bonds is 18. The van der Waals surface area contributed by atoms with Gasteiger partial charge in [0.2, 0.25) is 0 Å². The van der Waals surface area contributed by atoms with Gasteiger partial charge in [-0.15, -0.1) is 0 Å². The normalized spacial score (nSPS) is 12.4. The Labute approximate surface area is 211 Å². The summed E-state index contributed by atoms with van der Waals surface area (Å²) in [6.45, 7) is 5.65. The number of fused-ring (bicyclic) bond motifs is 2. The van der Waals surface area contributed by atoms with E-state index in [0.717, 1.165) is 0 Å². The highest BCUT2D eigenvalue weighted by molar-refractivity contribution is 6.31. The lowest BCUT2D eigenvalue weighted by atomic mass is 9.82. The van der Waals surface area contributed by atoms with E-state index in [0.29, 0.717) is 113 Å². The minimum atomic E-state index is -0.196. The van der Waals surface area contributed by atoms with Gasteiger partial charge in [-0.2, -0.15) is 0 Å². The van der Waals surface area contributed by atoms with E-state index in [4.69, 9.17) is 30.4 Å². The minimum Gasteiger partial charge on any atom is -0.382 e. The monoisotopic (exact) mass is 500 g/mol. The number of anilines is 2. The first-order valence-corrected chi connectivity index (χ1v) is 12.2. The van der Waals surface area contributed by atoms with Crippen LogP contribution in [0, 0.1) is 0 Å². The molecule has 36 heavy (non-hydrogen) atoms. The van der Waals surface area contributed by atoms with E-state index in [-0.39, 0.29) is 11.6 Å². The fourth-order valence-corrected chi connectivity index (χ4v) is 3.86. The van der Waals surface area contributed by atoms with Crippen molar-refractivity contribution < 1.29 is 28.5 Å². The Morgan fingerprint density at radius 3 is 1.39 bits per heavy atom. The van der Waals surface area contributed by atoms with Gasteiger partial charge in [-0.25, -0.2) is 0 Å². The number of nitrogens with one attached hydrogen (secondary N) is 2. The molecule has 2 aromatic carbocycles. The molecule has 0 atom stereocenters. The summed E-state index contributed by atoms with van der Waals surface area (Å²) in [6, 6.07) is 10.5. The van der Waals surface area contributed by atoms with Crippen molar-refractivity contribution in [3.63, 3.8) is 0 Å². The second-order valence-electron chi connectivity index (χ2n) is 7.99. The molecule has 0 saturated carbocycles. The maximum atomic E-state index is 13.6. The summed E-state index contributed by atoms with van der Waals surface area (Å²) in [5.74, 6) is -0.369. The van der Waals surface area contributed by atoms with Crippen LogP contribution in [-0.2, 0) is 18.9 Å². The van der Waals surface area contributed by atoms with Crippen LogP contribution in [0.25, 0.3) is 0 Å². The van der Waals surface area contributed by atoms with Gasteiger partial charge in [0.05, 0.1) is 64.0 Å². The number of carbonyl (C=O) groups is 2. The van der Waals surface area contributed by atoms with E-state index in [2.05, 4.69) is 10.6 Å². The van der Waals surface area contributed by atoms with Crippen LogP contribution < -0.4 is 22.1 Å². The molecule has 1 aliphatic carbocycles. The quantitative estimate of drug-likeness (QED) is 0.188. The lowest BCUT2D eigenvalue weighted by Crippen LogP contribution is -2.25. The Balaban J connectivity index is 1.60. The third-order valence-corrected chi connectivity index (χ3v) is 5.46. The number of carbonyl (C=O) groups excluding carboxylic acids is 2. The molecule has 0 heterocycles. The average molecular weight is 501 g/mol. The van der Waals surface area contributed by atoms with Crippen LogP contribution in [0.15, 0.2) is 36.4 Å². The summed E-state index contributed by atoms with van der Waals surface area (Å²) in [6.07, 6.45) is 0. The molecule has 3 rings (SSSR count). The highest BCUT2D eigenvalue weighted by Crippen LogP contribution is 2.35. The van der Waals surface area contributed by atoms with Crippen molar-refractivity contribution in [2.45, 2.75) is 0 Å². The predicted octanol–water partition coefficient (Wildman–Crippen LogP) is 1.27. The van der Waals surface area contributed by atoms with Gasteiger partial charge < -0.3 is 41.0 Å². The van der Waals surface area contributed by atoms with E-state index in [9.17, 15) is 9.59 Å². The standard InChI is InChI=1S/C26H36N4O6/c27-7-11-33-15-17-35-13-9-29-21-5-1-3-19-23(21)26(32)24-20(25(19)31)4-2-6-22(24)30-10-14-36-18-16-34-12-8-28/h1-6,29-30H,7-18,27-28H2. The summed E-state index contributed by atoms with van der Waals surface area (Å²) < 4.78 is 21.6. The van der Waals surface area contributed by atoms with Gasteiger partial charge in [0, 0.05) is 48.7 Å². The van der Waals surface area contributed by atoms with Crippen molar-refractivity contribution in [1.82, 2.24) is 0 Å². The van der Waals surface area contributed by atoms with Crippen molar-refractivity contribution >= 4 is 22.9 Å². The second-order valence-corrected chi connectivity index (χ2v) is 7.99. The molecule has 196 valence electrons. The first-order chi connectivity index (χ1) is 17.7. The third-order valence-electron chi connectivity index (χ3n) is 5.46. The molecule has 0 saturated heterocycles. The van der Waals surface area contributed by atoms with Crippen molar-refractivity contribution in [3.8, 4) is 0 Å². The van der Waals surface area contributed by atoms with E-state index >= 15 is 0 Å². The molecule has 2 aromatic rings. The molecule has 10 nitrogen and oxygen atoms in total. The molecule has 0 radical (unpaired) electrons. The number of hydrogen-bond donors (Lipinski definition) is 4. The van der Waals surface area contributed by atoms with E-state index < -0.39 is 0 Å². The van der Waals surface area contributed by atoms with Crippen LogP contribution >= 0.6 is 0 Å². The topological polar surface area (TPSA) is 147 Å². The van der Waals surface area contributed by atoms with Crippen LogP contribution in [-0.4, -0.2) is 90.6 Å². The van der Waals surface area contributed by atoms with Crippen LogP contribution in [0.3, 0.4) is 0 Å². The van der Waals surface area contributed by atoms with Crippen LogP contribution in [0.5, 0.6) is 0 Å². The molecule has 0 aliphatic heterocycles. The molecule has 0 amide bonds. The number of benzene rings is 2.